The maximum absolute atomic E-state index is 5.77. The van der Waals surface area contributed by atoms with Crippen LogP contribution in [0.25, 0.3) is 0 Å². The lowest BCUT2D eigenvalue weighted by atomic mass is 9.92. The van der Waals surface area contributed by atoms with Crippen molar-refractivity contribution < 1.29 is 0 Å². The molecule has 2 fully saturated rings. The molecule has 0 amide bonds. The minimum Gasteiger partial charge on any atom is -0.326 e. The molecule has 4 atom stereocenters. The first-order valence-corrected chi connectivity index (χ1v) is 3.78. The van der Waals surface area contributed by atoms with Gasteiger partial charge in [0.15, 0.2) is 0 Å². The SMILES string of the molecule is N[C@H]1CC2CC2C[C@@H]1N. The van der Waals surface area contributed by atoms with E-state index in [0.29, 0.717) is 12.1 Å². The van der Waals surface area contributed by atoms with Crippen molar-refractivity contribution in [2.45, 2.75) is 31.3 Å². The Balaban J connectivity index is 1.98. The summed E-state index contributed by atoms with van der Waals surface area (Å²) in [5.41, 5.74) is 11.5. The maximum atomic E-state index is 5.77. The Kier molecular flexibility index (Phi) is 1.08. The van der Waals surface area contributed by atoms with E-state index in [-0.39, 0.29) is 0 Å². The minimum absolute atomic E-state index is 0.300. The molecule has 0 aromatic carbocycles. The van der Waals surface area contributed by atoms with Gasteiger partial charge >= 0.3 is 0 Å². The molecule has 0 aromatic rings. The van der Waals surface area contributed by atoms with E-state index in [1.54, 1.807) is 0 Å². The predicted molar refractivity (Wildman–Crippen MR) is 36.8 cm³/mol. The Morgan fingerprint density at radius 2 is 1.22 bits per heavy atom. The quantitative estimate of drug-likeness (QED) is 0.482. The highest BCUT2D eigenvalue weighted by atomic mass is 14.8. The molecule has 0 heterocycles. The topological polar surface area (TPSA) is 52.0 Å². The molecule has 2 aliphatic carbocycles. The Hall–Kier alpha value is -0.0800. The van der Waals surface area contributed by atoms with Gasteiger partial charge in [0.2, 0.25) is 0 Å². The van der Waals surface area contributed by atoms with Crippen molar-refractivity contribution in [3.63, 3.8) is 0 Å². The monoisotopic (exact) mass is 126 g/mol. The van der Waals surface area contributed by atoms with E-state index in [1.807, 2.05) is 0 Å². The molecule has 2 rings (SSSR count). The van der Waals surface area contributed by atoms with Gasteiger partial charge in [-0.2, -0.15) is 0 Å². The number of hydrogen-bond acceptors (Lipinski definition) is 2. The van der Waals surface area contributed by atoms with Crippen molar-refractivity contribution in [3.8, 4) is 0 Å². The summed E-state index contributed by atoms with van der Waals surface area (Å²) in [5, 5.41) is 0. The zero-order valence-electron chi connectivity index (χ0n) is 5.59. The Bertz CT molecular complexity index is 110. The van der Waals surface area contributed by atoms with Crippen LogP contribution in [0.3, 0.4) is 0 Å². The highest BCUT2D eigenvalue weighted by Crippen LogP contribution is 2.48. The van der Waals surface area contributed by atoms with Crippen molar-refractivity contribution in [1.29, 1.82) is 0 Å². The van der Waals surface area contributed by atoms with E-state index in [0.717, 1.165) is 11.8 Å². The third kappa shape index (κ3) is 0.864. The van der Waals surface area contributed by atoms with E-state index in [4.69, 9.17) is 11.5 Å². The van der Waals surface area contributed by atoms with Crippen molar-refractivity contribution in [2.75, 3.05) is 0 Å². The van der Waals surface area contributed by atoms with Gasteiger partial charge in [-0.05, 0) is 31.1 Å². The van der Waals surface area contributed by atoms with Crippen LogP contribution < -0.4 is 11.5 Å². The average Bonchev–Trinajstić information content (AvgIpc) is 2.46. The summed E-state index contributed by atoms with van der Waals surface area (Å²) < 4.78 is 0. The van der Waals surface area contributed by atoms with Crippen LogP contribution in [0.15, 0.2) is 0 Å². The normalized spacial score (nSPS) is 56.7. The fourth-order valence-electron chi connectivity index (χ4n) is 1.94. The number of hydrogen-bond donors (Lipinski definition) is 2. The molecule has 0 radical (unpaired) electrons. The van der Waals surface area contributed by atoms with E-state index < -0.39 is 0 Å². The van der Waals surface area contributed by atoms with Crippen LogP contribution in [-0.2, 0) is 0 Å². The van der Waals surface area contributed by atoms with Crippen LogP contribution in [0.2, 0.25) is 0 Å². The summed E-state index contributed by atoms with van der Waals surface area (Å²) >= 11 is 0. The van der Waals surface area contributed by atoms with Crippen LogP contribution in [0.4, 0.5) is 0 Å². The second kappa shape index (κ2) is 1.70. The Morgan fingerprint density at radius 3 is 1.67 bits per heavy atom. The molecule has 0 bridgehead atoms. The maximum Gasteiger partial charge on any atom is 0.0195 e. The predicted octanol–water partition coefficient (Wildman–Crippen LogP) is 0.0709. The van der Waals surface area contributed by atoms with Gasteiger partial charge in [-0.1, -0.05) is 0 Å². The van der Waals surface area contributed by atoms with Crippen molar-refractivity contribution in [3.05, 3.63) is 0 Å². The van der Waals surface area contributed by atoms with Crippen LogP contribution >= 0.6 is 0 Å². The van der Waals surface area contributed by atoms with Gasteiger partial charge in [-0.15, -0.1) is 0 Å². The summed E-state index contributed by atoms with van der Waals surface area (Å²) in [6.07, 6.45) is 3.78. The van der Waals surface area contributed by atoms with Crippen LogP contribution in [0, 0.1) is 11.8 Å². The molecule has 2 saturated carbocycles. The highest BCUT2D eigenvalue weighted by molar-refractivity contribution is 4.99. The van der Waals surface area contributed by atoms with Gasteiger partial charge in [0.1, 0.15) is 0 Å². The third-order valence-electron chi connectivity index (χ3n) is 2.77. The van der Waals surface area contributed by atoms with Gasteiger partial charge in [0.25, 0.3) is 0 Å². The first-order valence-electron chi connectivity index (χ1n) is 3.78. The van der Waals surface area contributed by atoms with Crippen molar-refractivity contribution >= 4 is 0 Å². The summed E-state index contributed by atoms with van der Waals surface area (Å²) in [7, 11) is 0. The van der Waals surface area contributed by atoms with Crippen LogP contribution in [-0.4, -0.2) is 12.1 Å². The second-order valence-corrected chi connectivity index (χ2v) is 3.55. The molecule has 52 valence electrons. The Labute approximate surface area is 55.6 Å². The molecule has 9 heavy (non-hydrogen) atoms. The molecule has 0 aromatic heterocycles. The van der Waals surface area contributed by atoms with Crippen LogP contribution in [0.5, 0.6) is 0 Å². The number of nitrogens with two attached hydrogens (primary N) is 2. The molecule has 2 heteroatoms. The molecular formula is C7H14N2. The molecule has 2 nitrogen and oxygen atoms in total. The summed E-state index contributed by atoms with van der Waals surface area (Å²) in [4.78, 5) is 0. The molecular weight excluding hydrogens is 112 g/mol. The first kappa shape index (κ1) is 5.69. The van der Waals surface area contributed by atoms with E-state index in [9.17, 15) is 0 Å². The lowest BCUT2D eigenvalue weighted by molar-refractivity contribution is 0.369. The largest absolute Gasteiger partial charge is 0.326 e. The van der Waals surface area contributed by atoms with Crippen LogP contribution in [0.1, 0.15) is 19.3 Å². The second-order valence-electron chi connectivity index (χ2n) is 3.55. The lowest BCUT2D eigenvalue weighted by Gasteiger charge is -2.23. The van der Waals surface area contributed by atoms with E-state index in [2.05, 4.69) is 0 Å². The van der Waals surface area contributed by atoms with Gasteiger partial charge < -0.3 is 11.5 Å². The standard InChI is InChI=1S/C7H14N2/c8-6-2-4-1-5(4)3-7(6)9/h4-7H,1-3,8-9H2/t4?,5?,6-,7-/m0/s1. The average molecular weight is 126 g/mol. The zero-order chi connectivity index (χ0) is 6.43. The molecule has 0 spiro atoms. The highest BCUT2D eigenvalue weighted by Gasteiger charge is 2.44. The lowest BCUT2D eigenvalue weighted by Crippen LogP contribution is -2.44. The summed E-state index contributed by atoms with van der Waals surface area (Å²) in [6, 6.07) is 0.600. The summed E-state index contributed by atoms with van der Waals surface area (Å²) in [6.45, 7) is 0. The smallest absolute Gasteiger partial charge is 0.0195 e. The Morgan fingerprint density at radius 1 is 0.778 bits per heavy atom. The minimum atomic E-state index is 0.300. The molecule has 2 unspecified atom stereocenters. The third-order valence-corrected chi connectivity index (χ3v) is 2.77. The zero-order valence-corrected chi connectivity index (χ0v) is 5.59. The van der Waals surface area contributed by atoms with Gasteiger partial charge in [0, 0.05) is 12.1 Å². The molecule has 0 saturated heterocycles. The van der Waals surface area contributed by atoms with Crippen molar-refractivity contribution in [1.82, 2.24) is 0 Å². The molecule has 4 N–H and O–H groups in total. The van der Waals surface area contributed by atoms with E-state index in [1.165, 1.54) is 19.3 Å². The first-order chi connectivity index (χ1) is 4.27. The summed E-state index contributed by atoms with van der Waals surface area (Å²) in [5.74, 6) is 1.92. The van der Waals surface area contributed by atoms with Gasteiger partial charge in [0.05, 0.1) is 0 Å². The fraction of sp³-hybridized carbons (Fsp3) is 1.00. The fourth-order valence-corrected chi connectivity index (χ4v) is 1.94. The number of rotatable bonds is 0. The molecule has 2 aliphatic rings. The van der Waals surface area contributed by atoms with Gasteiger partial charge in [-0.3, -0.25) is 0 Å². The molecule has 0 aliphatic heterocycles. The number of fused-ring (bicyclic) bond motifs is 1. The van der Waals surface area contributed by atoms with E-state index >= 15 is 0 Å². The van der Waals surface area contributed by atoms with Crippen molar-refractivity contribution in [2.24, 2.45) is 23.3 Å². The van der Waals surface area contributed by atoms with Gasteiger partial charge in [-0.25, -0.2) is 0 Å².